The number of nitrogens with one attached hydrogen (secondary N) is 1. The molecular weight excluding hydrogens is 206 g/mol. The van der Waals surface area contributed by atoms with Gasteiger partial charge in [0.25, 0.3) is 0 Å². The lowest BCUT2D eigenvalue weighted by Gasteiger charge is -2.28. The Morgan fingerprint density at radius 1 is 1.44 bits per heavy atom. The first-order valence-corrected chi connectivity index (χ1v) is 5.53. The Morgan fingerprint density at radius 2 is 2.31 bits per heavy atom. The van der Waals surface area contributed by atoms with E-state index < -0.39 is 0 Å². The summed E-state index contributed by atoms with van der Waals surface area (Å²) in [6, 6.07) is 3.70. The Morgan fingerprint density at radius 3 is 3.00 bits per heavy atom. The number of aryl methyl sites for hydroxylation is 1. The molecule has 0 bridgehead atoms. The van der Waals surface area contributed by atoms with E-state index in [1.54, 1.807) is 0 Å². The van der Waals surface area contributed by atoms with Crippen molar-refractivity contribution in [1.82, 2.24) is 15.5 Å². The van der Waals surface area contributed by atoms with Gasteiger partial charge in [0.1, 0.15) is 12.7 Å². The minimum absolute atomic E-state index is 0.0897. The SMILES string of the molecule is Cc1ccc(OCC2CNCC(C)O2)nn1. The standard InChI is InChI=1S/C11H17N3O2/c1-8-3-4-11(14-13-8)15-7-10-6-12-5-9(2)16-10/h3-4,9-10,12H,5-7H2,1-2H3. The van der Waals surface area contributed by atoms with Crippen LogP contribution in [0.2, 0.25) is 0 Å². The minimum Gasteiger partial charge on any atom is -0.474 e. The minimum atomic E-state index is 0.0897. The van der Waals surface area contributed by atoms with E-state index in [0.717, 1.165) is 18.8 Å². The predicted octanol–water partition coefficient (Wildman–Crippen LogP) is 0.541. The third-order valence-electron chi connectivity index (χ3n) is 2.42. The summed E-state index contributed by atoms with van der Waals surface area (Å²) in [4.78, 5) is 0. The number of ether oxygens (including phenoxy) is 2. The second-order valence-electron chi connectivity index (χ2n) is 4.05. The first kappa shape index (κ1) is 11.3. The molecule has 0 radical (unpaired) electrons. The maximum atomic E-state index is 5.70. The third kappa shape index (κ3) is 3.15. The van der Waals surface area contributed by atoms with Gasteiger partial charge in [0.15, 0.2) is 0 Å². The summed E-state index contributed by atoms with van der Waals surface area (Å²) in [6.07, 6.45) is 0.332. The normalized spacial score (nSPS) is 25.4. The van der Waals surface area contributed by atoms with Gasteiger partial charge in [0.2, 0.25) is 5.88 Å². The molecular formula is C11H17N3O2. The summed E-state index contributed by atoms with van der Waals surface area (Å²) in [6.45, 7) is 6.18. The Bertz CT molecular complexity index is 329. The van der Waals surface area contributed by atoms with Crippen LogP contribution in [0, 0.1) is 6.92 Å². The van der Waals surface area contributed by atoms with Gasteiger partial charge in [-0.2, -0.15) is 5.10 Å². The molecule has 2 rings (SSSR count). The van der Waals surface area contributed by atoms with Crippen LogP contribution in [-0.2, 0) is 4.74 Å². The van der Waals surface area contributed by atoms with Crippen LogP contribution in [0.1, 0.15) is 12.6 Å². The summed E-state index contributed by atoms with van der Waals surface area (Å²) in [5, 5.41) is 11.1. The molecule has 0 saturated carbocycles. The topological polar surface area (TPSA) is 56.3 Å². The molecule has 1 fully saturated rings. The van der Waals surface area contributed by atoms with Gasteiger partial charge in [-0.3, -0.25) is 0 Å². The molecule has 88 valence electrons. The van der Waals surface area contributed by atoms with Crippen molar-refractivity contribution in [3.8, 4) is 5.88 Å². The van der Waals surface area contributed by atoms with E-state index >= 15 is 0 Å². The molecule has 16 heavy (non-hydrogen) atoms. The number of morpholine rings is 1. The number of aromatic nitrogens is 2. The van der Waals surface area contributed by atoms with Gasteiger partial charge in [0.05, 0.1) is 11.8 Å². The quantitative estimate of drug-likeness (QED) is 0.810. The Hall–Kier alpha value is -1.20. The highest BCUT2D eigenvalue weighted by Gasteiger charge is 2.19. The van der Waals surface area contributed by atoms with Crippen LogP contribution in [0.4, 0.5) is 0 Å². The number of rotatable bonds is 3. The average Bonchev–Trinajstić information content (AvgIpc) is 2.28. The van der Waals surface area contributed by atoms with Crippen LogP contribution in [0.15, 0.2) is 12.1 Å². The van der Waals surface area contributed by atoms with Gasteiger partial charge in [-0.25, -0.2) is 0 Å². The van der Waals surface area contributed by atoms with E-state index in [1.807, 2.05) is 26.0 Å². The van der Waals surface area contributed by atoms with Crippen LogP contribution in [0.3, 0.4) is 0 Å². The molecule has 1 N–H and O–H groups in total. The van der Waals surface area contributed by atoms with E-state index in [0.29, 0.717) is 12.5 Å². The Labute approximate surface area is 95.2 Å². The average molecular weight is 223 g/mol. The number of hydrogen-bond acceptors (Lipinski definition) is 5. The molecule has 1 aromatic rings. The molecule has 0 aromatic carbocycles. The fourth-order valence-corrected chi connectivity index (χ4v) is 1.61. The fraction of sp³-hybridized carbons (Fsp3) is 0.636. The van der Waals surface area contributed by atoms with E-state index in [1.165, 1.54) is 0 Å². The van der Waals surface area contributed by atoms with Crippen LogP contribution in [-0.4, -0.2) is 42.1 Å². The van der Waals surface area contributed by atoms with Crippen molar-refractivity contribution in [2.45, 2.75) is 26.1 Å². The zero-order chi connectivity index (χ0) is 11.4. The van der Waals surface area contributed by atoms with Gasteiger partial charge in [-0.05, 0) is 19.9 Å². The number of nitrogens with zero attached hydrogens (tertiary/aromatic N) is 2. The summed E-state index contributed by atoms with van der Waals surface area (Å²) in [7, 11) is 0. The van der Waals surface area contributed by atoms with E-state index in [2.05, 4.69) is 15.5 Å². The Kier molecular flexibility index (Phi) is 3.69. The molecule has 1 aliphatic heterocycles. The molecule has 5 nitrogen and oxygen atoms in total. The van der Waals surface area contributed by atoms with Gasteiger partial charge in [-0.1, -0.05) is 0 Å². The molecule has 1 aromatic heterocycles. The van der Waals surface area contributed by atoms with Crippen molar-refractivity contribution in [3.05, 3.63) is 17.8 Å². The van der Waals surface area contributed by atoms with Gasteiger partial charge >= 0.3 is 0 Å². The zero-order valence-corrected chi connectivity index (χ0v) is 9.64. The van der Waals surface area contributed by atoms with Crippen molar-refractivity contribution < 1.29 is 9.47 Å². The van der Waals surface area contributed by atoms with E-state index in [-0.39, 0.29) is 12.2 Å². The van der Waals surface area contributed by atoms with Crippen molar-refractivity contribution in [3.63, 3.8) is 0 Å². The first-order valence-electron chi connectivity index (χ1n) is 5.53. The number of hydrogen-bond donors (Lipinski definition) is 1. The first-order chi connectivity index (χ1) is 7.74. The van der Waals surface area contributed by atoms with Gasteiger partial charge < -0.3 is 14.8 Å². The summed E-state index contributed by atoms with van der Waals surface area (Å²) >= 11 is 0. The second kappa shape index (κ2) is 5.23. The monoisotopic (exact) mass is 223 g/mol. The molecule has 2 atom stereocenters. The highest BCUT2D eigenvalue weighted by molar-refractivity contribution is 5.10. The van der Waals surface area contributed by atoms with Gasteiger partial charge in [0, 0.05) is 19.2 Å². The predicted molar refractivity (Wildman–Crippen MR) is 59.5 cm³/mol. The maximum absolute atomic E-state index is 5.70. The van der Waals surface area contributed by atoms with E-state index in [4.69, 9.17) is 9.47 Å². The molecule has 5 heteroatoms. The summed E-state index contributed by atoms with van der Waals surface area (Å²) < 4.78 is 11.2. The van der Waals surface area contributed by atoms with Crippen molar-refractivity contribution in [2.75, 3.05) is 19.7 Å². The lowest BCUT2D eigenvalue weighted by atomic mass is 10.2. The van der Waals surface area contributed by atoms with Crippen molar-refractivity contribution >= 4 is 0 Å². The van der Waals surface area contributed by atoms with Crippen molar-refractivity contribution in [1.29, 1.82) is 0 Å². The van der Waals surface area contributed by atoms with Crippen LogP contribution < -0.4 is 10.1 Å². The highest BCUT2D eigenvalue weighted by Crippen LogP contribution is 2.08. The second-order valence-corrected chi connectivity index (χ2v) is 4.05. The van der Waals surface area contributed by atoms with Crippen LogP contribution in [0.25, 0.3) is 0 Å². The summed E-state index contributed by atoms with van der Waals surface area (Å²) in [5.41, 5.74) is 0.886. The zero-order valence-electron chi connectivity index (χ0n) is 9.64. The summed E-state index contributed by atoms with van der Waals surface area (Å²) in [5.74, 6) is 0.549. The van der Waals surface area contributed by atoms with Crippen LogP contribution >= 0.6 is 0 Å². The largest absolute Gasteiger partial charge is 0.474 e. The maximum Gasteiger partial charge on any atom is 0.233 e. The van der Waals surface area contributed by atoms with E-state index in [9.17, 15) is 0 Å². The van der Waals surface area contributed by atoms with Gasteiger partial charge in [-0.15, -0.1) is 5.10 Å². The molecule has 2 unspecified atom stereocenters. The fourth-order valence-electron chi connectivity index (χ4n) is 1.61. The molecule has 0 aliphatic carbocycles. The molecule has 0 spiro atoms. The lowest BCUT2D eigenvalue weighted by Crippen LogP contribution is -2.45. The highest BCUT2D eigenvalue weighted by atomic mass is 16.5. The third-order valence-corrected chi connectivity index (χ3v) is 2.42. The smallest absolute Gasteiger partial charge is 0.233 e. The Balaban J connectivity index is 1.80. The molecule has 2 heterocycles. The lowest BCUT2D eigenvalue weighted by molar-refractivity contribution is -0.0477. The molecule has 0 amide bonds. The molecule has 1 aliphatic rings. The molecule has 1 saturated heterocycles. The van der Waals surface area contributed by atoms with Crippen LogP contribution in [0.5, 0.6) is 5.88 Å². The van der Waals surface area contributed by atoms with Crippen molar-refractivity contribution in [2.24, 2.45) is 0 Å².